The van der Waals surface area contributed by atoms with E-state index in [1.807, 2.05) is 35.2 Å². The number of rotatable bonds is 1. The van der Waals surface area contributed by atoms with Gasteiger partial charge in [-0.15, -0.1) is 0 Å². The normalized spacial score (nSPS) is 13.6. The van der Waals surface area contributed by atoms with E-state index in [0.717, 1.165) is 24.9 Å². The highest BCUT2D eigenvalue weighted by atomic mass is 32.1. The summed E-state index contributed by atoms with van der Waals surface area (Å²) in [6, 6.07) is 17.6. The molecule has 0 radical (unpaired) electrons. The van der Waals surface area contributed by atoms with Crippen LogP contribution in [0.2, 0.25) is 0 Å². The molecule has 0 aliphatic carbocycles. The van der Waals surface area contributed by atoms with Crippen molar-refractivity contribution in [1.82, 2.24) is 10.2 Å². The molecule has 5 heteroatoms. The largest absolute Gasteiger partial charge is 0.451 e. The van der Waals surface area contributed by atoms with Crippen LogP contribution in [0.5, 0.6) is 0 Å². The van der Waals surface area contributed by atoms with Crippen LogP contribution in [0.4, 0.5) is 0 Å². The van der Waals surface area contributed by atoms with E-state index in [9.17, 15) is 4.79 Å². The van der Waals surface area contributed by atoms with Gasteiger partial charge in [-0.2, -0.15) is 0 Å². The highest BCUT2D eigenvalue weighted by Gasteiger charge is 2.21. The Morgan fingerprint density at radius 1 is 1.08 bits per heavy atom. The number of para-hydroxylation sites is 1. The lowest BCUT2D eigenvalue weighted by molar-refractivity contribution is 0.0947. The van der Waals surface area contributed by atoms with Gasteiger partial charge in [-0.3, -0.25) is 10.1 Å². The lowest BCUT2D eigenvalue weighted by atomic mass is 10.0. The molecule has 4 nitrogen and oxygen atoms in total. The molecular formula is C19H16N2O2S. The number of furan rings is 1. The molecule has 2 aromatic carbocycles. The Hall–Kier alpha value is -2.66. The van der Waals surface area contributed by atoms with E-state index in [-0.39, 0.29) is 11.7 Å². The first-order valence-corrected chi connectivity index (χ1v) is 8.27. The third-order valence-corrected chi connectivity index (χ3v) is 4.65. The Morgan fingerprint density at radius 2 is 1.83 bits per heavy atom. The molecule has 1 aliphatic heterocycles. The maximum atomic E-state index is 12.4. The van der Waals surface area contributed by atoms with Gasteiger partial charge in [0.25, 0.3) is 5.91 Å². The van der Waals surface area contributed by atoms with Gasteiger partial charge in [-0.05, 0) is 41.9 Å². The number of fused-ring (bicyclic) bond motifs is 2. The molecule has 24 heavy (non-hydrogen) atoms. The second-order valence-corrected chi connectivity index (χ2v) is 6.23. The van der Waals surface area contributed by atoms with E-state index in [1.54, 1.807) is 6.07 Å². The zero-order valence-electron chi connectivity index (χ0n) is 13.0. The average molecular weight is 336 g/mol. The van der Waals surface area contributed by atoms with Gasteiger partial charge in [-0.1, -0.05) is 42.5 Å². The SMILES string of the molecule is O=C(NC(=S)N1CCc2ccccc2C1)c1cc2ccccc2o1. The molecule has 4 rings (SSSR count). The van der Waals surface area contributed by atoms with Gasteiger partial charge in [0, 0.05) is 18.5 Å². The van der Waals surface area contributed by atoms with Gasteiger partial charge >= 0.3 is 0 Å². The molecule has 3 aromatic rings. The summed E-state index contributed by atoms with van der Waals surface area (Å²) in [6.45, 7) is 1.52. The summed E-state index contributed by atoms with van der Waals surface area (Å²) < 4.78 is 5.58. The summed E-state index contributed by atoms with van der Waals surface area (Å²) in [6.07, 6.45) is 0.927. The standard InChI is InChI=1S/C19H16N2O2S/c22-18(17-11-14-6-3-4-8-16(14)23-17)20-19(24)21-10-9-13-5-1-2-7-15(13)12-21/h1-8,11H,9-10,12H2,(H,20,22,24). The second-order valence-electron chi connectivity index (χ2n) is 5.85. The fraction of sp³-hybridized carbons (Fsp3) is 0.158. The van der Waals surface area contributed by atoms with Crippen molar-refractivity contribution in [2.75, 3.05) is 6.54 Å². The molecule has 120 valence electrons. The number of hydrogen-bond donors (Lipinski definition) is 1. The Kier molecular flexibility index (Phi) is 3.78. The van der Waals surface area contributed by atoms with Crippen molar-refractivity contribution in [3.63, 3.8) is 0 Å². The van der Waals surface area contributed by atoms with Crippen molar-refractivity contribution >= 4 is 34.2 Å². The number of nitrogens with one attached hydrogen (secondary N) is 1. The summed E-state index contributed by atoms with van der Waals surface area (Å²) in [5, 5.41) is 4.13. The maximum absolute atomic E-state index is 12.4. The molecule has 2 heterocycles. The van der Waals surface area contributed by atoms with Crippen LogP contribution in [0.1, 0.15) is 21.7 Å². The van der Waals surface area contributed by atoms with Gasteiger partial charge in [0.05, 0.1) is 0 Å². The number of carbonyl (C=O) groups excluding carboxylic acids is 1. The second kappa shape index (κ2) is 6.09. The summed E-state index contributed by atoms with van der Waals surface area (Å²) in [7, 11) is 0. The van der Waals surface area contributed by atoms with E-state index in [1.165, 1.54) is 11.1 Å². The molecular weight excluding hydrogens is 320 g/mol. The predicted octanol–water partition coefficient (Wildman–Crippen LogP) is 3.51. The zero-order chi connectivity index (χ0) is 16.5. The molecule has 1 N–H and O–H groups in total. The van der Waals surface area contributed by atoms with E-state index in [0.29, 0.717) is 10.7 Å². The fourth-order valence-corrected chi connectivity index (χ4v) is 3.25. The maximum Gasteiger partial charge on any atom is 0.293 e. The van der Waals surface area contributed by atoms with Crippen molar-refractivity contribution in [2.45, 2.75) is 13.0 Å². The number of benzene rings is 2. The van der Waals surface area contributed by atoms with Crippen LogP contribution in [0.25, 0.3) is 11.0 Å². The summed E-state index contributed by atoms with van der Waals surface area (Å²) in [5.41, 5.74) is 3.30. The molecule has 0 saturated carbocycles. The van der Waals surface area contributed by atoms with Crippen LogP contribution in [0.15, 0.2) is 59.0 Å². The number of hydrogen-bond acceptors (Lipinski definition) is 3. The zero-order valence-corrected chi connectivity index (χ0v) is 13.8. The number of nitrogens with zero attached hydrogens (tertiary/aromatic N) is 1. The van der Waals surface area contributed by atoms with Crippen molar-refractivity contribution in [1.29, 1.82) is 0 Å². The first kappa shape index (κ1) is 14.9. The third-order valence-electron chi connectivity index (χ3n) is 4.29. The van der Waals surface area contributed by atoms with Gasteiger partial charge in [0.2, 0.25) is 0 Å². The number of carbonyl (C=O) groups is 1. The molecule has 1 amide bonds. The molecule has 0 unspecified atom stereocenters. The van der Waals surface area contributed by atoms with Crippen LogP contribution in [-0.4, -0.2) is 22.5 Å². The number of amides is 1. The van der Waals surface area contributed by atoms with Gasteiger partial charge in [0.1, 0.15) is 5.58 Å². The molecule has 1 aliphatic rings. The molecule has 0 saturated heterocycles. The van der Waals surface area contributed by atoms with E-state index < -0.39 is 0 Å². The van der Waals surface area contributed by atoms with Gasteiger partial charge in [-0.25, -0.2) is 0 Å². The van der Waals surface area contributed by atoms with Crippen LogP contribution in [0.3, 0.4) is 0 Å². The predicted molar refractivity (Wildman–Crippen MR) is 96.8 cm³/mol. The quantitative estimate of drug-likeness (QED) is 0.691. The van der Waals surface area contributed by atoms with E-state index in [2.05, 4.69) is 23.5 Å². The molecule has 0 bridgehead atoms. The van der Waals surface area contributed by atoms with E-state index >= 15 is 0 Å². The first-order chi connectivity index (χ1) is 11.7. The smallest absolute Gasteiger partial charge is 0.293 e. The topological polar surface area (TPSA) is 45.5 Å². The van der Waals surface area contributed by atoms with Crippen molar-refractivity contribution in [2.24, 2.45) is 0 Å². The number of thiocarbonyl (C=S) groups is 1. The molecule has 0 spiro atoms. The highest BCUT2D eigenvalue weighted by molar-refractivity contribution is 7.80. The minimum atomic E-state index is -0.310. The average Bonchev–Trinajstić information content (AvgIpc) is 3.05. The Morgan fingerprint density at radius 3 is 2.67 bits per heavy atom. The van der Waals surface area contributed by atoms with Crippen molar-refractivity contribution in [3.8, 4) is 0 Å². The monoisotopic (exact) mass is 336 g/mol. The molecule has 1 aromatic heterocycles. The van der Waals surface area contributed by atoms with Crippen LogP contribution >= 0.6 is 12.2 Å². The summed E-state index contributed by atoms with van der Waals surface area (Å²) in [5.74, 6) is -0.0361. The minimum Gasteiger partial charge on any atom is -0.451 e. The lowest BCUT2D eigenvalue weighted by Crippen LogP contribution is -2.44. The van der Waals surface area contributed by atoms with Crippen LogP contribution in [-0.2, 0) is 13.0 Å². The van der Waals surface area contributed by atoms with Crippen LogP contribution in [0, 0.1) is 0 Å². The van der Waals surface area contributed by atoms with Crippen molar-refractivity contribution in [3.05, 3.63) is 71.5 Å². The Labute approximate surface area is 145 Å². The Balaban J connectivity index is 1.47. The molecule has 0 fully saturated rings. The summed E-state index contributed by atoms with van der Waals surface area (Å²) in [4.78, 5) is 14.4. The van der Waals surface area contributed by atoms with Gasteiger partial charge < -0.3 is 9.32 Å². The van der Waals surface area contributed by atoms with Crippen LogP contribution < -0.4 is 5.32 Å². The third kappa shape index (κ3) is 2.78. The van der Waals surface area contributed by atoms with E-state index in [4.69, 9.17) is 16.6 Å². The fourth-order valence-electron chi connectivity index (χ4n) is 3.00. The van der Waals surface area contributed by atoms with Gasteiger partial charge in [0.15, 0.2) is 10.9 Å². The lowest BCUT2D eigenvalue weighted by Gasteiger charge is -2.30. The molecule has 0 atom stereocenters. The van der Waals surface area contributed by atoms with Crippen molar-refractivity contribution < 1.29 is 9.21 Å². The Bertz CT molecular complexity index is 899. The first-order valence-electron chi connectivity index (χ1n) is 7.86. The highest BCUT2D eigenvalue weighted by Crippen LogP contribution is 2.20. The minimum absolute atomic E-state index is 0.274. The summed E-state index contributed by atoms with van der Waals surface area (Å²) >= 11 is 5.41.